The van der Waals surface area contributed by atoms with E-state index in [0.717, 1.165) is 17.8 Å². The molecule has 1 aliphatic heterocycles. The van der Waals surface area contributed by atoms with Crippen LogP contribution < -0.4 is 5.73 Å². The Morgan fingerprint density at radius 3 is 2.11 bits per heavy atom. The fourth-order valence-corrected chi connectivity index (χ4v) is 8.60. The fourth-order valence-electron chi connectivity index (χ4n) is 8.60. The summed E-state index contributed by atoms with van der Waals surface area (Å²) >= 11 is 0. The average molecular weight is 486 g/mol. The molecule has 6 rings (SSSR count). The minimum absolute atomic E-state index is 0.147. The molecule has 4 aliphatic carbocycles. The molecule has 194 valence electrons. The molecule has 0 spiro atoms. The number of carbonyl (C=O) groups is 1. The molecule has 1 aromatic rings. The second-order valence-corrected chi connectivity index (χ2v) is 13.7. The number of hydrogen-bond acceptors (Lipinski definition) is 5. The lowest BCUT2D eigenvalue weighted by Crippen LogP contribution is -2.65. The van der Waals surface area contributed by atoms with Gasteiger partial charge in [-0.05, 0) is 111 Å². The first-order valence-electron chi connectivity index (χ1n) is 13.4. The van der Waals surface area contributed by atoms with Crippen molar-refractivity contribution in [3.63, 3.8) is 0 Å². The maximum Gasteiger partial charge on any atom is 0.405 e. The molecule has 1 aromatic carbocycles. The molecule has 6 heteroatoms. The highest BCUT2D eigenvalue weighted by atomic mass is 16.7. The summed E-state index contributed by atoms with van der Waals surface area (Å²) in [5.74, 6) is 1.98. The molecule has 6 nitrogen and oxygen atoms in total. The zero-order chi connectivity index (χ0) is 25.2. The standard InChI is InChI=1S/C29H43NO5/c1-26(2,3)24-29(35-25(30)32,17-33-27(4,5)34-24)16-23(21-6-8-22(31)9-7-21)28-13-18-10-19(14-28)12-20(11-18)15-28/h6-9,18-20,23-24,31H,10-17H2,1-5H3,(H2,30,32). The zero-order valence-corrected chi connectivity index (χ0v) is 22.0. The van der Waals surface area contributed by atoms with Crippen LogP contribution in [0.15, 0.2) is 24.3 Å². The van der Waals surface area contributed by atoms with Crippen molar-refractivity contribution >= 4 is 6.09 Å². The van der Waals surface area contributed by atoms with E-state index in [0.29, 0.717) is 6.42 Å². The molecule has 1 saturated heterocycles. The van der Waals surface area contributed by atoms with Gasteiger partial charge in [-0.2, -0.15) is 0 Å². The van der Waals surface area contributed by atoms with Crippen molar-refractivity contribution < 1.29 is 24.1 Å². The van der Waals surface area contributed by atoms with Crippen LogP contribution in [0.25, 0.3) is 0 Å². The molecular weight excluding hydrogens is 442 g/mol. The first-order valence-corrected chi connectivity index (χ1v) is 13.4. The molecule has 3 N–H and O–H groups in total. The summed E-state index contributed by atoms with van der Waals surface area (Å²) in [7, 11) is 0. The van der Waals surface area contributed by atoms with Gasteiger partial charge >= 0.3 is 6.09 Å². The van der Waals surface area contributed by atoms with Crippen LogP contribution in [0.4, 0.5) is 4.79 Å². The van der Waals surface area contributed by atoms with Crippen LogP contribution in [0.2, 0.25) is 0 Å². The highest BCUT2D eigenvalue weighted by Crippen LogP contribution is 2.66. The molecule has 1 amide bonds. The minimum atomic E-state index is -1.01. The van der Waals surface area contributed by atoms with Gasteiger partial charge in [0.05, 0.1) is 6.61 Å². The van der Waals surface area contributed by atoms with Crippen molar-refractivity contribution in [3.05, 3.63) is 29.8 Å². The molecule has 4 bridgehead atoms. The molecule has 5 aliphatic rings. The normalized spacial score (nSPS) is 38.8. The Kier molecular flexibility index (Phi) is 5.95. The average Bonchev–Trinajstić information content (AvgIpc) is 2.72. The molecule has 1 heterocycles. The number of phenolic OH excluding ortho intramolecular Hbond substituents is 1. The quantitative estimate of drug-likeness (QED) is 0.525. The lowest BCUT2D eigenvalue weighted by atomic mass is 9.45. The van der Waals surface area contributed by atoms with Crippen LogP contribution >= 0.6 is 0 Å². The maximum absolute atomic E-state index is 12.4. The van der Waals surface area contributed by atoms with Gasteiger partial charge in [-0.25, -0.2) is 4.79 Å². The van der Waals surface area contributed by atoms with E-state index in [-0.39, 0.29) is 35.2 Å². The summed E-state index contributed by atoms with van der Waals surface area (Å²) in [6.45, 7) is 10.4. The second kappa shape index (κ2) is 8.37. The topological polar surface area (TPSA) is 91.0 Å². The smallest absolute Gasteiger partial charge is 0.405 e. The number of hydrogen-bond donors (Lipinski definition) is 2. The highest BCUT2D eigenvalue weighted by Gasteiger charge is 2.60. The number of ether oxygens (including phenoxy) is 3. The summed E-state index contributed by atoms with van der Waals surface area (Å²) in [4.78, 5) is 12.4. The summed E-state index contributed by atoms with van der Waals surface area (Å²) in [5, 5.41) is 10.0. The van der Waals surface area contributed by atoms with Gasteiger partial charge < -0.3 is 25.1 Å². The monoisotopic (exact) mass is 485 g/mol. The van der Waals surface area contributed by atoms with Crippen LogP contribution in [0, 0.1) is 28.6 Å². The molecule has 35 heavy (non-hydrogen) atoms. The number of rotatable bonds is 5. The summed E-state index contributed by atoms with van der Waals surface area (Å²) in [6.07, 6.45) is 7.12. The molecule has 5 fully saturated rings. The summed E-state index contributed by atoms with van der Waals surface area (Å²) in [5.41, 5.74) is 5.74. The van der Waals surface area contributed by atoms with Crippen LogP contribution in [-0.4, -0.2) is 35.3 Å². The number of benzene rings is 1. The molecule has 4 saturated carbocycles. The Morgan fingerprint density at radius 1 is 1.09 bits per heavy atom. The first kappa shape index (κ1) is 24.9. The van der Waals surface area contributed by atoms with Gasteiger partial charge in [0.15, 0.2) is 11.4 Å². The van der Waals surface area contributed by atoms with Crippen molar-refractivity contribution in [2.75, 3.05) is 6.61 Å². The SMILES string of the molecule is CC1(C)OCC(CC(c2ccc(O)cc2)C23CC4CC(CC(C4)C2)C3)(OC(N)=O)C(C(C)(C)C)O1. The third-order valence-corrected chi connectivity index (χ3v) is 9.30. The van der Waals surface area contributed by atoms with Gasteiger partial charge in [0.2, 0.25) is 0 Å². The number of primary amides is 1. The number of aromatic hydroxyl groups is 1. The van der Waals surface area contributed by atoms with E-state index in [2.05, 4.69) is 32.9 Å². The highest BCUT2D eigenvalue weighted by molar-refractivity contribution is 5.65. The molecular formula is C29H43NO5. The number of phenols is 1. The van der Waals surface area contributed by atoms with Crippen LogP contribution in [0.3, 0.4) is 0 Å². The van der Waals surface area contributed by atoms with E-state index >= 15 is 0 Å². The summed E-state index contributed by atoms with van der Waals surface area (Å²) in [6, 6.07) is 7.67. The number of nitrogens with two attached hydrogens (primary N) is 1. The Morgan fingerprint density at radius 2 is 1.63 bits per heavy atom. The van der Waals surface area contributed by atoms with Gasteiger partial charge in [0.1, 0.15) is 11.9 Å². The van der Waals surface area contributed by atoms with E-state index < -0.39 is 17.5 Å². The van der Waals surface area contributed by atoms with Gasteiger partial charge in [-0.1, -0.05) is 32.9 Å². The lowest BCUT2D eigenvalue weighted by molar-refractivity contribution is -0.352. The Labute approximate surface area is 209 Å². The van der Waals surface area contributed by atoms with E-state index in [1.807, 2.05) is 13.8 Å². The Bertz CT molecular complexity index is 914. The van der Waals surface area contributed by atoms with Crippen LogP contribution in [0.1, 0.15) is 91.0 Å². The molecule has 0 aromatic heterocycles. The van der Waals surface area contributed by atoms with Gasteiger partial charge in [-0.3, -0.25) is 0 Å². The van der Waals surface area contributed by atoms with Crippen LogP contribution in [0.5, 0.6) is 5.75 Å². The predicted molar refractivity (Wildman–Crippen MR) is 134 cm³/mol. The largest absolute Gasteiger partial charge is 0.508 e. The maximum atomic E-state index is 12.4. The second-order valence-electron chi connectivity index (χ2n) is 13.7. The van der Waals surface area contributed by atoms with E-state index in [9.17, 15) is 9.90 Å². The first-order chi connectivity index (χ1) is 16.3. The lowest BCUT2D eigenvalue weighted by Gasteiger charge is -2.61. The Balaban J connectivity index is 1.60. The third-order valence-electron chi connectivity index (χ3n) is 9.30. The minimum Gasteiger partial charge on any atom is -0.508 e. The van der Waals surface area contributed by atoms with Crippen molar-refractivity contribution in [1.29, 1.82) is 0 Å². The van der Waals surface area contributed by atoms with Crippen molar-refractivity contribution in [2.45, 2.75) is 103 Å². The number of amides is 1. The van der Waals surface area contributed by atoms with Crippen molar-refractivity contribution in [2.24, 2.45) is 34.3 Å². The molecule has 3 atom stereocenters. The van der Waals surface area contributed by atoms with Crippen molar-refractivity contribution in [3.8, 4) is 5.75 Å². The molecule has 0 radical (unpaired) electrons. The summed E-state index contributed by atoms with van der Waals surface area (Å²) < 4.78 is 18.8. The predicted octanol–water partition coefficient (Wildman–Crippen LogP) is 6.11. The number of carbonyl (C=O) groups excluding carboxylic acids is 1. The van der Waals surface area contributed by atoms with Crippen molar-refractivity contribution in [1.82, 2.24) is 0 Å². The van der Waals surface area contributed by atoms with Gasteiger partial charge in [0.25, 0.3) is 0 Å². The van der Waals surface area contributed by atoms with E-state index in [1.165, 1.54) is 44.1 Å². The van der Waals surface area contributed by atoms with Gasteiger partial charge in [0, 0.05) is 0 Å². The zero-order valence-electron chi connectivity index (χ0n) is 22.0. The van der Waals surface area contributed by atoms with E-state index in [4.69, 9.17) is 19.9 Å². The third kappa shape index (κ3) is 4.69. The van der Waals surface area contributed by atoms with Gasteiger partial charge in [-0.15, -0.1) is 0 Å². The van der Waals surface area contributed by atoms with E-state index in [1.54, 1.807) is 12.1 Å². The molecule has 3 unspecified atom stereocenters. The fraction of sp³-hybridized carbons (Fsp3) is 0.759. The van der Waals surface area contributed by atoms with Crippen LogP contribution in [-0.2, 0) is 14.2 Å². The Hall–Kier alpha value is -1.79.